The fourth-order valence-corrected chi connectivity index (χ4v) is 1.08. The summed E-state index contributed by atoms with van der Waals surface area (Å²) in [4.78, 5) is 0. The van der Waals surface area contributed by atoms with Crippen molar-refractivity contribution in [2.24, 2.45) is 11.7 Å². The van der Waals surface area contributed by atoms with Crippen LogP contribution in [0.3, 0.4) is 0 Å². The van der Waals surface area contributed by atoms with Crippen molar-refractivity contribution in [2.45, 2.75) is 45.6 Å². The predicted octanol–water partition coefficient (Wildman–Crippen LogP) is 1.54. The Labute approximate surface area is 87.6 Å². The molecule has 0 bridgehead atoms. The van der Waals surface area contributed by atoms with E-state index in [2.05, 4.69) is 13.8 Å². The zero-order valence-electron chi connectivity index (χ0n) is 9.75. The number of aliphatic hydroxyl groups excluding tert-OH is 1. The predicted molar refractivity (Wildman–Crippen MR) is 59.2 cm³/mol. The summed E-state index contributed by atoms with van der Waals surface area (Å²) in [6.07, 6.45) is 2.84. The second-order valence-electron chi connectivity index (χ2n) is 4.71. The molecule has 0 aliphatic carbocycles. The molecular formula is C11H25NO2. The zero-order chi connectivity index (χ0) is 11.0. The van der Waals surface area contributed by atoms with Crippen LogP contribution >= 0.6 is 0 Å². The number of nitrogens with two attached hydrogens (primary N) is 1. The van der Waals surface area contributed by atoms with E-state index >= 15 is 0 Å². The number of hydrogen-bond donors (Lipinski definition) is 2. The molecule has 0 radical (unpaired) electrons. The van der Waals surface area contributed by atoms with Gasteiger partial charge in [0, 0.05) is 18.8 Å². The maximum Gasteiger partial charge on any atom is 0.0608 e. The largest absolute Gasteiger partial charge is 0.394 e. The van der Waals surface area contributed by atoms with Gasteiger partial charge in [-0.1, -0.05) is 13.8 Å². The van der Waals surface area contributed by atoms with Crippen LogP contribution in [-0.2, 0) is 4.74 Å². The van der Waals surface area contributed by atoms with Crippen LogP contribution in [0.5, 0.6) is 0 Å². The Morgan fingerprint density at radius 1 is 1.36 bits per heavy atom. The van der Waals surface area contributed by atoms with E-state index in [0.29, 0.717) is 5.92 Å². The van der Waals surface area contributed by atoms with Gasteiger partial charge in [-0.15, -0.1) is 0 Å². The summed E-state index contributed by atoms with van der Waals surface area (Å²) in [6.45, 7) is 7.86. The van der Waals surface area contributed by atoms with Gasteiger partial charge in [-0.05, 0) is 32.1 Å². The molecule has 3 nitrogen and oxygen atoms in total. The van der Waals surface area contributed by atoms with E-state index in [9.17, 15) is 0 Å². The first-order valence-corrected chi connectivity index (χ1v) is 5.45. The number of ether oxygens (including phenoxy) is 1. The Balaban J connectivity index is 3.21. The molecule has 0 fully saturated rings. The van der Waals surface area contributed by atoms with Gasteiger partial charge in [0.05, 0.1) is 6.61 Å². The van der Waals surface area contributed by atoms with Gasteiger partial charge < -0.3 is 15.6 Å². The standard InChI is InChI=1S/C11H25NO2/c1-10(2)5-8-14-7-4-6-11(3,12)9-13/h10,13H,4-9,12H2,1-3H3. The van der Waals surface area contributed by atoms with Crippen LogP contribution in [0.15, 0.2) is 0 Å². The lowest BCUT2D eigenvalue weighted by atomic mass is 9.99. The first kappa shape index (κ1) is 13.9. The van der Waals surface area contributed by atoms with Crippen molar-refractivity contribution in [3.05, 3.63) is 0 Å². The average Bonchev–Trinajstić information content (AvgIpc) is 2.10. The lowest BCUT2D eigenvalue weighted by molar-refractivity contribution is 0.110. The summed E-state index contributed by atoms with van der Waals surface area (Å²) >= 11 is 0. The molecule has 0 amide bonds. The third-order valence-electron chi connectivity index (χ3n) is 2.24. The van der Waals surface area contributed by atoms with Gasteiger partial charge in [-0.2, -0.15) is 0 Å². The van der Waals surface area contributed by atoms with Gasteiger partial charge in [0.1, 0.15) is 0 Å². The summed E-state index contributed by atoms with van der Waals surface area (Å²) in [5.41, 5.74) is 5.33. The van der Waals surface area contributed by atoms with Crippen LogP contribution in [0.1, 0.15) is 40.0 Å². The highest BCUT2D eigenvalue weighted by Gasteiger charge is 2.15. The average molecular weight is 203 g/mol. The molecule has 3 heteroatoms. The van der Waals surface area contributed by atoms with E-state index in [0.717, 1.165) is 32.5 Å². The van der Waals surface area contributed by atoms with Crippen molar-refractivity contribution in [3.8, 4) is 0 Å². The van der Waals surface area contributed by atoms with Gasteiger partial charge in [0.25, 0.3) is 0 Å². The van der Waals surface area contributed by atoms with E-state index in [-0.39, 0.29) is 6.61 Å². The van der Waals surface area contributed by atoms with Crippen molar-refractivity contribution < 1.29 is 9.84 Å². The minimum absolute atomic E-state index is 0.0407. The Morgan fingerprint density at radius 3 is 2.50 bits per heavy atom. The minimum atomic E-state index is -0.443. The topological polar surface area (TPSA) is 55.5 Å². The lowest BCUT2D eigenvalue weighted by Crippen LogP contribution is -2.40. The molecule has 0 aliphatic rings. The normalized spacial score (nSPS) is 15.9. The molecule has 14 heavy (non-hydrogen) atoms. The smallest absolute Gasteiger partial charge is 0.0608 e. The summed E-state index contributed by atoms with van der Waals surface area (Å²) in [6, 6.07) is 0. The highest BCUT2D eigenvalue weighted by atomic mass is 16.5. The molecule has 0 aliphatic heterocycles. The Morgan fingerprint density at radius 2 is 2.00 bits per heavy atom. The van der Waals surface area contributed by atoms with Crippen LogP contribution in [0.25, 0.3) is 0 Å². The van der Waals surface area contributed by atoms with Crippen molar-refractivity contribution >= 4 is 0 Å². The van der Waals surface area contributed by atoms with Crippen molar-refractivity contribution in [1.82, 2.24) is 0 Å². The fraction of sp³-hybridized carbons (Fsp3) is 1.00. The molecule has 3 N–H and O–H groups in total. The number of rotatable bonds is 8. The Bertz CT molecular complexity index is 135. The molecule has 1 atom stereocenters. The van der Waals surface area contributed by atoms with E-state index in [4.69, 9.17) is 15.6 Å². The SMILES string of the molecule is CC(C)CCOCCCC(C)(N)CO. The monoisotopic (exact) mass is 203 g/mol. The van der Waals surface area contributed by atoms with E-state index in [1.54, 1.807) is 0 Å². The van der Waals surface area contributed by atoms with E-state index in [1.165, 1.54) is 0 Å². The second kappa shape index (κ2) is 7.21. The first-order valence-electron chi connectivity index (χ1n) is 5.45. The third-order valence-corrected chi connectivity index (χ3v) is 2.24. The summed E-state index contributed by atoms with van der Waals surface area (Å²) in [7, 11) is 0. The maximum absolute atomic E-state index is 8.90. The Kier molecular flexibility index (Phi) is 7.15. The summed E-state index contributed by atoms with van der Waals surface area (Å²) < 4.78 is 5.45. The van der Waals surface area contributed by atoms with Crippen molar-refractivity contribution in [2.75, 3.05) is 19.8 Å². The van der Waals surface area contributed by atoms with Gasteiger partial charge in [0.2, 0.25) is 0 Å². The molecule has 0 aromatic carbocycles. The van der Waals surface area contributed by atoms with Gasteiger partial charge in [0.15, 0.2) is 0 Å². The Hall–Kier alpha value is -0.120. The van der Waals surface area contributed by atoms with Crippen molar-refractivity contribution in [3.63, 3.8) is 0 Å². The second-order valence-corrected chi connectivity index (χ2v) is 4.71. The highest BCUT2D eigenvalue weighted by molar-refractivity contribution is 4.76. The maximum atomic E-state index is 8.90. The minimum Gasteiger partial charge on any atom is -0.394 e. The number of hydrogen-bond acceptors (Lipinski definition) is 3. The molecule has 0 aromatic rings. The molecule has 0 saturated carbocycles. The molecule has 0 saturated heterocycles. The molecule has 0 rings (SSSR count). The molecular weight excluding hydrogens is 178 g/mol. The van der Waals surface area contributed by atoms with E-state index < -0.39 is 5.54 Å². The van der Waals surface area contributed by atoms with Gasteiger partial charge in [-0.3, -0.25) is 0 Å². The van der Waals surface area contributed by atoms with E-state index in [1.807, 2.05) is 6.92 Å². The van der Waals surface area contributed by atoms with Crippen molar-refractivity contribution in [1.29, 1.82) is 0 Å². The molecule has 0 spiro atoms. The molecule has 0 aromatic heterocycles. The van der Waals surface area contributed by atoms with Crippen LogP contribution in [0.4, 0.5) is 0 Å². The molecule has 1 unspecified atom stereocenters. The van der Waals surface area contributed by atoms with Gasteiger partial charge in [-0.25, -0.2) is 0 Å². The first-order chi connectivity index (χ1) is 6.48. The van der Waals surface area contributed by atoms with Gasteiger partial charge >= 0.3 is 0 Å². The summed E-state index contributed by atoms with van der Waals surface area (Å²) in [5, 5.41) is 8.90. The van der Waals surface area contributed by atoms with Crippen LogP contribution < -0.4 is 5.73 Å². The molecule has 0 heterocycles. The number of aliphatic hydroxyl groups is 1. The summed E-state index contributed by atoms with van der Waals surface area (Å²) in [5.74, 6) is 0.701. The lowest BCUT2D eigenvalue weighted by Gasteiger charge is -2.21. The fourth-order valence-electron chi connectivity index (χ4n) is 1.08. The van der Waals surface area contributed by atoms with Crippen LogP contribution in [0.2, 0.25) is 0 Å². The zero-order valence-corrected chi connectivity index (χ0v) is 9.75. The highest BCUT2D eigenvalue weighted by Crippen LogP contribution is 2.07. The van der Waals surface area contributed by atoms with Crippen LogP contribution in [-0.4, -0.2) is 30.5 Å². The molecule has 86 valence electrons. The quantitative estimate of drug-likeness (QED) is 0.588. The third kappa shape index (κ3) is 8.48. The van der Waals surface area contributed by atoms with Crippen LogP contribution in [0, 0.1) is 5.92 Å².